The Morgan fingerprint density at radius 2 is 0.475 bits per heavy atom. The molecule has 40 heavy (non-hydrogen) atoms. The van der Waals surface area contributed by atoms with E-state index in [1.54, 1.807) is 0 Å². The fraction of sp³-hybridized carbons (Fsp3) is 0.727. The molecular weight excluding hydrogens is 655 g/mol. The summed E-state index contributed by atoms with van der Waals surface area (Å²) in [7, 11) is 0. The van der Waals surface area contributed by atoms with Crippen molar-refractivity contribution in [1.29, 1.82) is 0 Å². The summed E-state index contributed by atoms with van der Waals surface area (Å²) in [6, 6.07) is 0. The molecular formula is C33H57DyO6. The van der Waals surface area contributed by atoms with Crippen LogP contribution in [0.5, 0.6) is 0 Å². The van der Waals surface area contributed by atoms with E-state index in [0.717, 1.165) is 0 Å². The van der Waals surface area contributed by atoms with Gasteiger partial charge in [-0.25, -0.2) is 0 Å². The summed E-state index contributed by atoms with van der Waals surface area (Å²) >= 11 is 0. The van der Waals surface area contributed by atoms with Crippen LogP contribution in [0.1, 0.15) is 125 Å². The van der Waals surface area contributed by atoms with Crippen LogP contribution >= 0.6 is 0 Å². The first kappa shape index (κ1) is 45.9. The fourth-order valence-electron chi connectivity index (χ4n) is 1.66. The maximum absolute atomic E-state index is 11.4. The molecule has 0 aromatic heterocycles. The number of carbonyl (C=O) groups is 3. The SMILES string of the molecule is CC(C)(C)C(=O)/C=C(\[O-])C(C)(C)C.CC(C)(C)C(=O)/C=C(\[O-])C(C)(C)C.CC(C)(C)C(=O)/C=C(\[O-])C(C)(C)C.[Dy+3]. The Morgan fingerprint density at radius 3 is 0.550 bits per heavy atom. The molecule has 0 aliphatic heterocycles. The molecule has 0 unspecified atom stereocenters. The van der Waals surface area contributed by atoms with E-state index in [9.17, 15) is 29.7 Å². The van der Waals surface area contributed by atoms with Gasteiger partial charge in [0.15, 0.2) is 17.3 Å². The van der Waals surface area contributed by atoms with Crippen molar-refractivity contribution in [3.8, 4) is 0 Å². The smallest absolute Gasteiger partial charge is 0.875 e. The number of carbonyl (C=O) groups excluding carboxylic acids is 3. The van der Waals surface area contributed by atoms with Gasteiger partial charge in [0.1, 0.15) is 0 Å². The second-order valence-electron chi connectivity index (χ2n) is 16.1. The molecule has 0 aromatic carbocycles. The Kier molecular flexibility index (Phi) is 18.9. The molecule has 0 aliphatic carbocycles. The zero-order valence-corrected chi connectivity index (χ0v) is 30.5. The van der Waals surface area contributed by atoms with E-state index in [4.69, 9.17) is 0 Å². The molecule has 0 aliphatic rings. The summed E-state index contributed by atoms with van der Waals surface area (Å²) in [5.74, 6) is -0.625. The van der Waals surface area contributed by atoms with Crippen molar-refractivity contribution < 1.29 is 67.9 Å². The third-order valence-electron chi connectivity index (χ3n) is 5.22. The van der Waals surface area contributed by atoms with Crippen LogP contribution in [0.4, 0.5) is 0 Å². The van der Waals surface area contributed by atoms with Crippen molar-refractivity contribution in [2.45, 2.75) is 125 Å². The molecule has 0 saturated heterocycles. The van der Waals surface area contributed by atoms with Gasteiger partial charge in [-0.3, -0.25) is 14.4 Å². The Balaban J connectivity index is -0.000000240. The number of rotatable bonds is 3. The monoisotopic (exact) mass is 713 g/mol. The average molecular weight is 712 g/mol. The van der Waals surface area contributed by atoms with Gasteiger partial charge in [-0.1, -0.05) is 125 Å². The molecule has 0 fully saturated rings. The average Bonchev–Trinajstić information content (AvgIpc) is 2.64. The van der Waals surface area contributed by atoms with Crippen molar-refractivity contribution in [1.82, 2.24) is 0 Å². The molecule has 0 N–H and O–H groups in total. The molecule has 1 radical (unpaired) electrons. The van der Waals surface area contributed by atoms with E-state index in [0.29, 0.717) is 0 Å². The molecule has 0 bridgehead atoms. The van der Waals surface area contributed by atoms with Crippen LogP contribution in [0.3, 0.4) is 0 Å². The third kappa shape index (κ3) is 21.6. The summed E-state index contributed by atoms with van der Waals surface area (Å²) in [5.41, 5.74) is -2.74. The Morgan fingerprint density at radius 1 is 0.350 bits per heavy atom. The standard InChI is InChI=1S/3C11H20O2.Dy/c3*1-10(2,3)8(12)7-9(13)11(4,5)6;/h3*7,12H,1-6H3;/q;;;+3/p-3/b3*8-7-;. The first-order valence-corrected chi connectivity index (χ1v) is 13.5. The van der Waals surface area contributed by atoms with E-state index >= 15 is 0 Å². The summed E-state index contributed by atoms with van der Waals surface area (Å²) in [4.78, 5) is 34.3. The third-order valence-corrected chi connectivity index (χ3v) is 5.22. The maximum atomic E-state index is 11.4. The zero-order valence-electron chi connectivity index (χ0n) is 28.5. The second kappa shape index (κ2) is 16.5. The minimum atomic E-state index is -0.457. The van der Waals surface area contributed by atoms with Gasteiger partial charge < -0.3 is 15.3 Å². The first-order chi connectivity index (χ1) is 16.6. The molecule has 0 rings (SSSR count). The largest absolute Gasteiger partial charge is 3.00 e. The van der Waals surface area contributed by atoms with Crippen molar-refractivity contribution in [3.63, 3.8) is 0 Å². The summed E-state index contributed by atoms with van der Waals surface area (Å²) in [6.45, 7) is 32.5. The van der Waals surface area contributed by atoms with Gasteiger partial charge in [0, 0.05) is 16.2 Å². The summed E-state index contributed by atoms with van der Waals surface area (Å²) in [6.07, 6.45) is 3.67. The van der Waals surface area contributed by atoms with Crippen LogP contribution < -0.4 is 15.3 Å². The van der Waals surface area contributed by atoms with Crippen LogP contribution in [0, 0.1) is 70.7 Å². The number of ketones is 3. The Bertz CT molecular complexity index is 801. The van der Waals surface area contributed by atoms with E-state index in [1.165, 1.54) is 18.2 Å². The van der Waals surface area contributed by atoms with Crippen molar-refractivity contribution in [3.05, 3.63) is 35.5 Å². The quantitative estimate of drug-likeness (QED) is 0.275. The van der Waals surface area contributed by atoms with Crippen LogP contribution in [0.25, 0.3) is 0 Å². The van der Waals surface area contributed by atoms with Crippen molar-refractivity contribution >= 4 is 17.3 Å². The molecule has 0 saturated carbocycles. The normalized spacial score (nSPS) is 14.1. The molecule has 235 valence electrons. The topological polar surface area (TPSA) is 120 Å². The van der Waals surface area contributed by atoms with Gasteiger partial charge in [0.2, 0.25) is 0 Å². The molecule has 0 atom stereocenters. The maximum Gasteiger partial charge on any atom is 3.00 e. The van der Waals surface area contributed by atoms with Crippen molar-refractivity contribution in [2.75, 3.05) is 0 Å². The van der Waals surface area contributed by atoms with E-state index in [2.05, 4.69) is 0 Å². The van der Waals surface area contributed by atoms with Gasteiger partial charge in [0.05, 0.1) is 0 Å². The van der Waals surface area contributed by atoms with Crippen LogP contribution in [-0.4, -0.2) is 17.3 Å². The Hall–Kier alpha value is -1.10. The van der Waals surface area contributed by atoms with Crippen LogP contribution in [0.2, 0.25) is 0 Å². The predicted octanol–water partition coefficient (Wildman–Crippen LogP) is 5.68. The van der Waals surface area contributed by atoms with Crippen molar-refractivity contribution in [2.24, 2.45) is 32.5 Å². The van der Waals surface area contributed by atoms with Crippen LogP contribution in [0.15, 0.2) is 35.5 Å². The Labute approximate surface area is 276 Å². The predicted molar refractivity (Wildman–Crippen MR) is 156 cm³/mol. The van der Waals surface area contributed by atoms with Gasteiger partial charge in [-0.05, 0) is 34.5 Å². The minimum absolute atomic E-state index is 0. The van der Waals surface area contributed by atoms with E-state index < -0.39 is 32.5 Å². The summed E-state index contributed by atoms with van der Waals surface area (Å²) < 4.78 is 0. The summed E-state index contributed by atoms with van der Waals surface area (Å²) in [5, 5.41) is 34.3. The fourth-order valence-corrected chi connectivity index (χ4v) is 1.66. The molecule has 0 aromatic rings. The van der Waals surface area contributed by atoms with Gasteiger partial charge in [-0.2, -0.15) is 0 Å². The van der Waals surface area contributed by atoms with Gasteiger partial charge >= 0.3 is 38.2 Å². The zero-order chi connectivity index (χ0) is 32.6. The minimum Gasteiger partial charge on any atom is -0.875 e. The molecule has 0 amide bonds. The first-order valence-electron chi connectivity index (χ1n) is 13.5. The van der Waals surface area contributed by atoms with Gasteiger partial charge in [-0.15, -0.1) is 17.3 Å². The number of hydrogen-bond donors (Lipinski definition) is 0. The molecule has 0 spiro atoms. The van der Waals surface area contributed by atoms with E-state index in [-0.39, 0.29) is 72.8 Å². The molecule has 0 heterocycles. The molecule has 6 nitrogen and oxygen atoms in total. The molecule has 7 heteroatoms. The second-order valence-corrected chi connectivity index (χ2v) is 16.1. The number of allylic oxidation sites excluding steroid dienone is 6. The van der Waals surface area contributed by atoms with Crippen LogP contribution in [-0.2, 0) is 14.4 Å². The number of hydrogen-bond acceptors (Lipinski definition) is 6. The van der Waals surface area contributed by atoms with Gasteiger partial charge in [0.25, 0.3) is 0 Å². The van der Waals surface area contributed by atoms with E-state index in [1.807, 2.05) is 125 Å².